The summed E-state index contributed by atoms with van der Waals surface area (Å²) in [6.07, 6.45) is 0.822. The predicted molar refractivity (Wildman–Crippen MR) is 91.2 cm³/mol. The molecule has 0 aliphatic carbocycles. The fourth-order valence-corrected chi connectivity index (χ4v) is 2.57. The van der Waals surface area contributed by atoms with Gasteiger partial charge in [-0.25, -0.2) is 0 Å². The highest BCUT2D eigenvalue weighted by Gasteiger charge is 2.18. The number of amides is 1. The number of carbonyl (C=O) groups excluding carboxylic acids is 1. The minimum absolute atomic E-state index is 0.0174. The molecule has 2 aromatic rings. The first-order chi connectivity index (χ1) is 11.1. The summed E-state index contributed by atoms with van der Waals surface area (Å²) in [5.41, 5.74) is 2.54. The molecule has 23 heavy (non-hydrogen) atoms. The Bertz CT molecular complexity index is 668. The molecule has 0 bridgehead atoms. The summed E-state index contributed by atoms with van der Waals surface area (Å²) in [4.78, 5) is 12.7. The first-order valence-electron chi connectivity index (χ1n) is 7.69. The summed E-state index contributed by atoms with van der Waals surface area (Å²) < 4.78 is 10.6. The van der Waals surface area contributed by atoms with Crippen LogP contribution in [0.3, 0.4) is 0 Å². The van der Waals surface area contributed by atoms with Crippen LogP contribution in [-0.4, -0.2) is 20.1 Å². The molecule has 0 spiro atoms. The summed E-state index contributed by atoms with van der Waals surface area (Å²) in [6, 6.07) is 13.5. The van der Waals surface area contributed by atoms with Crippen LogP contribution in [0.25, 0.3) is 0 Å². The molecule has 0 fully saturated rings. The Morgan fingerprint density at radius 3 is 2.26 bits per heavy atom. The van der Waals surface area contributed by atoms with E-state index in [1.807, 2.05) is 43.3 Å². The maximum absolute atomic E-state index is 12.7. The zero-order valence-electron chi connectivity index (χ0n) is 14.1. The predicted octanol–water partition coefficient (Wildman–Crippen LogP) is 3.89. The minimum Gasteiger partial charge on any atom is -0.493 e. The Kier molecular flexibility index (Phi) is 5.63. The first kappa shape index (κ1) is 16.9. The summed E-state index contributed by atoms with van der Waals surface area (Å²) in [7, 11) is 3.15. The summed E-state index contributed by atoms with van der Waals surface area (Å²) in [6.45, 7) is 3.94. The van der Waals surface area contributed by atoms with Gasteiger partial charge in [-0.3, -0.25) is 4.79 Å². The molecule has 0 saturated carbocycles. The molecule has 0 aliphatic heterocycles. The maximum Gasteiger partial charge on any atom is 0.252 e. The van der Waals surface area contributed by atoms with E-state index < -0.39 is 0 Å². The molecular weight excluding hydrogens is 290 g/mol. The molecule has 0 saturated heterocycles. The third kappa shape index (κ3) is 3.83. The third-order valence-electron chi connectivity index (χ3n) is 3.89. The van der Waals surface area contributed by atoms with Crippen molar-refractivity contribution in [1.29, 1.82) is 0 Å². The average molecular weight is 313 g/mol. The lowest BCUT2D eigenvalue weighted by Gasteiger charge is -2.19. The van der Waals surface area contributed by atoms with Gasteiger partial charge in [0.2, 0.25) is 0 Å². The van der Waals surface area contributed by atoms with Gasteiger partial charge in [-0.1, -0.05) is 37.3 Å². The summed E-state index contributed by atoms with van der Waals surface area (Å²) in [5, 5.41) is 3.09. The van der Waals surface area contributed by atoms with E-state index in [2.05, 4.69) is 12.2 Å². The number of methoxy groups -OCH3 is 2. The normalized spacial score (nSPS) is 11.7. The van der Waals surface area contributed by atoms with Gasteiger partial charge in [-0.2, -0.15) is 0 Å². The van der Waals surface area contributed by atoms with E-state index in [9.17, 15) is 4.79 Å². The van der Waals surface area contributed by atoms with Crippen LogP contribution >= 0.6 is 0 Å². The zero-order chi connectivity index (χ0) is 16.8. The SMILES string of the molecule is CCC(NC(=O)c1cc(OC)c(OC)cc1C)c1ccccc1. The molecule has 2 aromatic carbocycles. The summed E-state index contributed by atoms with van der Waals surface area (Å²) >= 11 is 0. The van der Waals surface area contributed by atoms with Crippen LogP contribution in [0, 0.1) is 6.92 Å². The largest absolute Gasteiger partial charge is 0.493 e. The van der Waals surface area contributed by atoms with E-state index in [0.717, 1.165) is 17.5 Å². The number of nitrogens with one attached hydrogen (secondary N) is 1. The van der Waals surface area contributed by atoms with Crippen molar-refractivity contribution in [3.8, 4) is 11.5 Å². The van der Waals surface area contributed by atoms with Crippen molar-refractivity contribution in [1.82, 2.24) is 5.32 Å². The van der Waals surface area contributed by atoms with Crippen molar-refractivity contribution in [3.63, 3.8) is 0 Å². The lowest BCUT2D eigenvalue weighted by atomic mass is 10.0. The number of hydrogen-bond donors (Lipinski definition) is 1. The first-order valence-corrected chi connectivity index (χ1v) is 7.69. The van der Waals surface area contributed by atoms with Gasteiger partial charge in [0.15, 0.2) is 11.5 Å². The average Bonchev–Trinajstić information content (AvgIpc) is 2.59. The highest BCUT2D eigenvalue weighted by atomic mass is 16.5. The molecule has 0 aromatic heterocycles. The summed E-state index contributed by atoms with van der Waals surface area (Å²) in [5.74, 6) is 1.06. The van der Waals surface area contributed by atoms with E-state index in [0.29, 0.717) is 17.1 Å². The zero-order valence-corrected chi connectivity index (χ0v) is 14.1. The van der Waals surface area contributed by atoms with Crippen molar-refractivity contribution in [2.75, 3.05) is 14.2 Å². The molecule has 0 radical (unpaired) electrons. The van der Waals surface area contributed by atoms with Crippen molar-refractivity contribution < 1.29 is 14.3 Å². The number of hydrogen-bond acceptors (Lipinski definition) is 3. The molecule has 1 atom stereocenters. The van der Waals surface area contributed by atoms with Gasteiger partial charge in [-0.15, -0.1) is 0 Å². The Hall–Kier alpha value is -2.49. The topological polar surface area (TPSA) is 47.6 Å². The molecular formula is C19H23NO3. The molecule has 0 heterocycles. The van der Waals surface area contributed by atoms with Crippen LogP contribution in [-0.2, 0) is 0 Å². The molecule has 1 unspecified atom stereocenters. The lowest BCUT2D eigenvalue weighted by Crippen LogP contribution is -2.28. The Morgan fingerprint density at radius 1 is 1.09 bits per heavy atom. The Labute approximate surface area is 137 Å². The smallest absolute Gasteiger partial charge is 0.252 e. The van der Waals surface area contributed by atoms with Crippen LogP contribution in [0.15, 0.2) is 42.5 Å². The number of rotatable bonds is 6. The highest BCUT2D eigenvalue weighted by molar-refractivity contribution is 5.96. The van der Waals surface area contributed by atoms with Crippen LogP contribution in [0.4, 0.5) is 0 Å². The van der Waals surface area contributed by atoms with E-state index >= 15 is 0 Å². The number of benzene rings is 2. The van der Waals surface area contributed by atoms with Gasteiger partial charge in [0, 0.05) is 5.56 Å². The number of aryl methyl sites for hydroxylation is 1. The molecule has 122 valence electrons. The van der Waals surface area contributed by atoms with Gasteiger partial charge in [-0.05, 0) is 36.6 Å². The molecule has 2 rings (SSSR count). The van der Waals surface area contributed by atoms with Gasteiger partial charge in [0.05, 0.1) is 20.3 Å². The van der Waals surface area contributed by atoms with E-state index in [1.165, 1.54) is 0 Å². The Balaban J connectivity index is 2.26. The molecule has 0 aliphatic rings. The van der Waals surface area contributed by atoms with Crippen LogP contribution in [0.5, 0.6) is 11.5 Å². The molecule has 4 nitrogen and oxygen atoms in total. The highest BCUT2D eigenvalue weighted by Crippen LogP contribution is 2.30. The maximum atomic E-state index is 12.7. The van der Waals surface area contributed by atoms with Gasteiger partial charge < -0.3 is 14.8 Å². The molecule has 1 N–H and O–H groups in total. The van der Waals surface area contributed by atoms with Gasteiger partial charge in [0.1, 0.15) is 0 Å². The van der Waals surface area contributed by atoms with Gasteiger partial charge >= 0.3 is 0 Å². The molecule has 4 heteroatoms. The van der Waals surface area contributed by atoms with Crippen molar-refractivity contribution in [2.45, 2.75) is 26.3 Å². The van der Waals surface area contributed by atoms with Crippen molar-refractivity contribution in [2.24, 2.45) is 0 Å². The van der Waals surface area contributed by atoms with Crippen molar-refractivity contribution >= 4 is 5.91 Å². The number of ether oxygens (including phenoxy) is 2. The van der Waals surface area contributed by atoms with E-state index in [1.54, 1.807) is 20.3 Å². The monoisotopic (exact) mass is 313 g/mol. The standard InChI is InChI=1S/C19H23NO3/c1-5-16(14-9-7-6-8-10-14)20-19(21)15-12-18(23-4)17(22-3)11-13(15)2/h6-12,16H,5H2,1-4H3,(H,20,21). The minimum atomic E-state index is -0.112. The van der Waals surface area contributed by atoms with Crippen molar-refractivity contribution in [3.05, 3.63) is 59.2 Å². The fourth-order valence-electron chi connectivity index (χ4n) is 2.57. The third-order valence-corrected chi connectivity index (χ3v) is 3.89. The Morgan fingerprint density at radius 2 is 1.70 bits per heavy atom. The quantitative estimate of drug-likeness (QED) is 0.880. The second-order valence-corrected chi connectivity index (χ2v) is 5.37. The molecule has 1 amide bonds. The van der Waals surface area contributed by atoms with E-state index in [-0.39, 0.29) is 11.9 Å². The van der Waals surface area contributed by atoms with E-state index in [4.69, 9.17) is 9.47 Å². The second-order valence-electron chi connectivity index (χ2n) is 5.37. The van der Waals surface area contributed by atoms with Crippen LogP contribution < -0.4 is 14.8 Å². The lowest BCUT2D eigenvalue weighted by molar-refractivity contribution is 0.0934. The van der Waals surface area contributed by atoms with Crippen LogP contribution in [0.2, 0.25) is 0 Å². The van der Waals surface area contributed by atoms with Crippen LogP contribution in [0.1, 0.15) is 40.9 Å². The van der Waals surface area contributed by atoms with Gasteiger partial charge in [0.25, 0.3) is 5.91 Å². The second kappa shape index (κ2) is 7.68. The number of carbonyl (C=O) groups is 1. The fraction of sp³-hybridized carbons (Fsp3) is 0.316.